The van der Waals surface area contributed by atoms with Crippen LogP contribution < -0.4 is 9.47 Å². The number of fused-ring (bicyclic) bond motifs is 1. The van der Waals surface area contributed by atoms with Crippen LogP contribution in [0.2, 0.25) is 5.02 Å². The van der Waals surface area contributed by atoms with E-state index in [9.17, 15) is 14.4 Å². The molecule has 0 aliphatic carbocycles. The van der Waals surface area contributed by atoms with Crippen LogP contribution in [0.15, 0.2) is 66.7 Å². The van der Waals surface area contributed by atoms with E-state index in [-0.39, 0.29) is 24.4 Å². The highest BCUT2D eigenvalue weighted by atomic mass is 35.5. The first kappa shape index (κ1) is 24.3. The van der Waals surface area contributed by atoms with Crippen LogP contribution in [-0.4, -0.2) is 49.4 Å². The van der Waals surface area contributed by atoms with Crippen molar-refractivity contribution in [2.45, 2.75) is 19.0 Å². The number of ketones is 1. The number of hydrogen-bond donors (Lipinski definition) is 0. The van der Waals surface area contributed by atoms with Gasteiger partial charge in [-0.15, -0.1) is 0 Å². The van der Waals surface area contributed by atoms with Crippen LogP contribution in [0.3, 0.4) is 0 Å². The van der Waals surface area contributed by atoms with Crippen LogP contribution >= 0.6 is 11.6 Å². The first-order valence-electron chi connectivity index (χ1n) is 11.0. The van der Waals surface area contributed by atoms with E-state index in [4.69, 9.17) is 25.8 Å². The lowest BCUT2D eigenvalue weighted by molar-refractivity contribution is -0.148. The van der Waals surface area contributed by atoms with Crippen LogP contribution in [0.5, 0.6) is 11.5 Å². The Morgan fingerprint density at radius 2 is 1.63 bits per heavy atom. The number of ether oxygens (including phenoxy) is 3. The molecule has 0 spiro atoms. The molecule has 1 aliphatic rings. The van der Waals surface area contributed by atoms with Gasteiger partial charge in [0.2, 0.25) is 5.78 Å². The van der Waals surface area contributed by atoms with E-state index in [0.717, 1.165) is 11.1 Å². The summed E-state index contributed by atoms with van der Waals surface area (Å²) in [6.45, 7) is -0.285. The molecule has 180 valence electrons. The van der Waals surface area contributed by atoms with E-state index in [2.05, 4.69) is 0 Å². The molecule has 7 nitrogen and oxygen atoms in total. The minimum atomic E-state index is -0.909. The molecule has 0 fully saturated rings. The number of hydrogen-bond acceptors (Lipinski definition) is 6. The van der Waals surface area contributed by atoms with Gasteiger partial charge in [0.15, 0.2) is 6.61 Å². The summed E-state index contributed by atoms with van der Waals surface area (Å²) in [6.07, 6.45) is 0.266. The summed E-state index contributed by atoms with van der Waals surface area (Å²) in [6, 6.07) is 18.2. The fraction of sp³-hybridized carbons (Fsp3) is 0.222. The third-order valence-electron chi connectivity index (χ3n) is 5.94. The van der Waals surface area contributed by atoms with E-state index in [1.807, 2.05) is 24.3 Å². The minimum Gasteiger partial charge on any atom is -0.497 e. The number of esters is 1. The number of methoxy groups -OCH3 is 2. The maximum atomic E-state index is 13.4. The molecular formula is C27H24ClNO6. The minimum absolute atomic E-state index is 0.220. The maximum absolute atomic E-state index is 13.4. The van der Waals surface area contributed by atoms with Crippen molar-refractivity contribution in [3.05, 3.63) is 94.0 Å². The van der Waals surface area contributed by atoms with Crippen molar-refractivity contribution in [3.63, 3.8) is 0 Å². The number of rotatable bonds is 7. The van der Waals surface area contributed by atoms with Gasteiger partial charge in [0.05, 0.1) is 30.4 Å². The standard InChI is InChI=1S/C27H24ClNO6/c1-33-19-11-12-25(34-2)21(14-19)24(30)16-35-27(32)23-13-17-7-3-4-8-18(17)15-29(23)26(31)20-9-5-6-10-22(20)28/h3-12,14,23H,13,15-16H2,1-2H3/t23-/m0/s1. The Morgan fingerprint density at radius 3 is 2.34 bits per heavy atom. The normalized spacial score (nSPS) is 14.6. The van der Waals surface area contributed by atoms with Gasteiger partial charge in [0.1, 0.15) is 17.5 Å². The van der Waals surface area contributed by atoms with E-state index >= 15 is 0 Å². The molecule has 0 radical (unpaired) electrons. The van der Waals surface area contributed by atoms with Gasteiger partial charge in [-0.25, -0.2) is 4.79 Å². The zero-order valence-corrected chi connectivity index (χ0v) is 20.1. The number of Topliss-reactive ketones (excluding diaryl/α,β-unsaturated/α-hetero) is 1. The van der Waals surface area contributed by atoms with E-state index in [1.54, 1.807) is 36.4 Å². The Labute approximate surface area is 208 Å². The molecule has 0 saturated carbocycles. The van der Waals surface area contributed by atoms with Gasteiger partial charge in [-0.3, -0.25) is 9.59 Å². The van der Waals surface area contributed by atoms with Crippen LogP contribution in [-0.2, 0) is 22.5 Å². The summed E-state index contributed by atoms with van der Waals surface area (Å²) >= 11 is 6.26. The van der Waals surface area contributed by atoms with Gasteiger partial charge in [0, 0.05) is 13.0 Å². The average molecular weight is 494 g/mol. The lowest BCUT2D eigenvalue weighted by Gasteiger charge is -2.35. The fourth-order valence-corrected chi connectivity index (χ4v) is 4.30. The number of benzene rings is 3. The van der Waals surface area contributed by atoms with Crippen LogP contribution in [0.25, 0.3) is 0 Å². The summed E-state index contributed by atoms with van der Waals surface area (Å²) in [5.74, 6) is -0.688. The molecule has 0 unspecified atom stereocenters. The molecule has 0 N–H and O–H groups in total. The van der Waals surface area contributed by atoms with Crippen molar-refractivity contribution in [3.8, 4) is 11.5 Å². The molecule has 3 aromatic rings. The molecule has 4 rings (SSSR count). The molecular weight excluding hydrogens is 470 g/mol. The van der Waals surface area contributed by atoms with Crippen molar-refractivity contribution in [1.29, 1.82) is 0 Å². The summed E-state index contributed by atoms with van der Waals surface area (Å²) < 4.78 is 15.9. The first-order chi connectivity index (χ1) is 16.9. The summed E-state index contributed by atoms with van der Waals surface area (Å²) in [5.41, 5.74) is 2.41. The topological polar surface area (TPSA) is 82.1 Å². The number of nitrogens with zero attached hydrogens (tertiary/aromatic N) is 1. The first-order valence-corrected chi connectivity index (χ1v) is 11.3. The predicted molar refractivity (Wildman–Crippen MR) is 130 cm³/mol. The molecule has 1 heterocycles. The predicted octanol–water partition coefficient (Wildman–Crippen LogP) is 4.35. The second-order valence-electron chi connectivity index (χ2n) is 8.00. The number of amides is 1. The molecule has 8 heteroatoms. The van der Waals surface area contributed by atoms with E-state index in [1.165, 1.54) is 25.2 Å². The average Bonchev–Trinajstić information content (AvgIpc) is 2.90. The van der Waals surface area contributed by atoms with Gasteiger partial charge in [-0.1, -0.05) is 48.0 Å². The SMILES string of the molecule is COc1ccc(OC)c(C(=O)COC(=O)[C@@H]2Cc3ccccc3CN2C(=O)c2ccccc2Cl)c1. The molecule has 1 amide bonds. The number of halogens is 1. The maximum Gasteiger partial charge on any atom is 0.329 e. The molecule has 35 heavy (non-hydrogen) atoms. The molecule has 0 saturated heterocycles. The quantitative estimate of drug-likeness (QED) is 0.359. The van der Waals surface area contributed by atoms with Crippen molar-refractivity contribution in [1.82, 2.24) is 4.90 Å². The largest absolute Gasteiger partial charge is 0.497 e. The Bertz CT molecular complexity index is 1270. The number of carbonyl (C=O) groups is 3. The lowest BCUT2D eigenvalue weighted by atomic mass is 9.93. The summed E-state index contributed by atoms with van der Waals surface area (Å²) in [7, 11) is 2.93. The van der Waals surface area contributed by atoms with Crippen LogP contribution in [0.4, 0.5) is 0 Å². The van der Waals surface area contributed by atoms with E-state index in [0.29, 0.717) is 22.1 Å². The Balaban J connectivity index is 1.56. The number of carbonyl (C=O) groups excluding carboxylic acids is 3. The summed E-state index contributed by atoms with van der Waals surface area (Å²) in [5, 5.41) is 0.295. The van der Waals surface area contributed by atoms with Crippen molar-refractivity contribution < 1.29 is 28.6 Å². The monoisotopic (exact) mass is 493 g/mol. The summed E-state index contributed by atoms with van der Waals surface area (Å²) in [4.78, 5) is 40.9. The highest BCUT2D eigenvalue weighted by molar-refractivity contribution is 6.33. The fourth-order valence-electron chi connectivity index (χ4n) is 4.08. The molecule has 0 bridgehead atoms. The third-order valence-corrected chi connectivity index (χ3v) is 6.27. The molecule has 1 atom stereocenters. The lowest BCUT2D eigenvalue weighted by Crippen LogP contribution is -2.49. The highest BCUT2D eigenvalue weighted by Gasteiger charge is 2.37. The second kappa shape index (κ2) is 10.6. The molecule has 3 aromatic carbocycles. The van der Waals surface area contributed by atoms with E-state index < -0.39 is 24.4 Å². The highest BCUT2D eigenvalue weighted by Crippen LogP contribution is 2.28. The molecule has 1 aliphatic heterocycles. The smallest absolute Gasteiger partial charge is 0.329 e. The van der Waals surface area contributed by atoms with Crippen molar-refractivity contribution in [2.24, 2.45) is 0 Å². The molecule has 0 aromatic heterocycles. The van der Waals surface area contributed by atoms with Gasteiger partial charge in [-0.2, -0.15) is 0 Å². The Hall–Kier alpha value is -3.84. The van der Waals surface area contributed by atoms with Crippen molar-refractivity contribution >= 4 is 29.3 Å². The van der Waals surface area contributed by atoms with Crippen molar-refractivity contribution in [2.75, 3.05) is 20.8 Å². The Morgan fingerprint density at radius 1 is 0.914 bits per heavy atom. The van der Waals surface area contributed by atoms with Crippen LogP contribution in [0, 0.1) is 0 Å². The second-order valence-corrected chi connectivity index (χ2v) is 8.41. The van der Waals surface area contributed by atoms with Gasteiger partial charge in [0.25, 0.3) is 5.91 Å². The van der Waals surface area contributed by atoms with Gasteiger partial charge >= 0.3 is 5.97 Å². The Kier molecular flexibility index (Phi) is 7.36. The zero-order chi connectivity index (χ0) is 24.9. The third kappa shape index (κ3) is 5.15. The zero-order valence-electron chi connectivity index (χ0n) is 19.3. The van der Waals surface area contributed by atoms with Gasteiger partial charge < -0.3 is 19.1 Å². The van der Waals surface area contributed by atoms with Crippen LogP contribution in [0.1, 0.15) is 31.8 Å². The van der Waals surface area contributed by atoms with Gasteiger partial charge in [-0.05, 0) is 41.5 Å².